The highest BCUT2D eigenvalue weighted by Crippen LogP contribution is 2.26. The molecule has 0 radical (unpaired) electrons. The lowest BCUT2D eigenvalue weighted by Crippen LogP contribution is -2.34. The fourth-order valence-electron chi connectivity index (χ4n) is 1.68. The van der Waals surface area contributed by atoms with Crippen LogP contribution in [-0.2, 0) is 6.54 Å². The van der Waals surface area contributed by atoms with Crippen LogP contribution < -0.4 is 10.1 Å². The zero-order valence-electron chi connectivity index (χ0n) is 11.3. The molecule has 1 aromatic carbocycles. The maximum absolute atomic E-state index is 9.35. The van der Waals surface area contributed by atoms with E-state index in [0.29, 0.717) is 11.6 Å². The Labute approximate surface area is 114 Å². The smallest absolute Gasteiger partial charge is 0.124 e. The van der Waals surface area contributed by atoms with Gasteiger partial charge in [-0.2, -0.15) is 0 Å². The molecule has 0 saturated carbocycles. The van der Waals surface area contributed by atoms with Crippen molar-refractivity contribution in [1.82, 2.24) is 5.32 Å². The molecule has 0 bridgehead atoms. The molecule has 0 fully saturated rings. The van der Waals surface area contributed by atoms with Crippen LogP contribution in [0.15, 0.2) is 18.2 Å². The topological polar surface area (TPSA) is 41.5 Å². The standard InChI is InChI=1S/C14H22ClNO2/c1-4-14(2,10-17)9-16-8-11-12(15)6-5-7-13(11)18-3/h5-7,16-17H,4,8-10H2,1-3H3. The van der Waals surface area contributed by atoms with E-state index in [1.165, 1.54) is 0 Å². The number of methoxy groups -OCH3 is 1. The highest BCUT2D eigenvalue weighted by molar-refractivity contribution is 6.31. The molecule has 1 rings (SSSR count). The average molecular weight is 272 g/mol. The number of halogens is 1. The van der Waals surface area contributed by atoms with Crippen molar-refractivity contribution in [3.63, 3.8) is 0 Å². The fraction of sp³-hybridized carbons (Fsp3) is 0.571. The second kappa shape index (κ2) is 6.98. The van der Waals surface area contributed by atoms with Crippen LogP contribution in [0.25, 0.3) is 0 Å². The molecule has 18 heavy (non-hydrogen) atoms. The van der Waals surface area contributed by atoms with Gasteiger partial charge < -0.3 is 15.2 Å². The van der Waals surface area contributed by atoms with E-state index in [9.17, 15) is 5.11 Å². The molecule has 0 amide bonds. The first-order valence-electron chi connectivity index (χ1n) is 6.19. The van der Waals surface area contributed by atoms with E-state index >= 15 is 0 Å². The Kier molecular flexibility index (Phi) is 5.93. The van der Waals surface area contributed by atoms with Gasteiger partial charge in [0.2, 0.25) is 0 Å². The Bertz CT molecular complexity index is 378. The van der Waals surface area contributed by atoms with Gasteiger partial charge in [0, 0.05) is 35.7 Å². The van der Waals surface area contributed by atoms with Gasteiger partial charge >= 0.3 is 0 Å². The second-order valence-electron chi connectivity index (χ2n) is 4.85. The molecule has 1 unspecified atom stereocenters. The summed E-state index contributed by atoms with van der Waals surface area (Å²) in [7, 11) is 1.64. The first-order valence-corrected chi connectivity index (χ1v) is 6.57. The predicted molar refractivity (Wildman–Crippen MR) is 75.2 cm³/mol. The van der Waals surface area contributed by atoms with Crippen molar-refractivity contribution in [3.8, 4) is 5.75 Å². The maximum Gasteiger partial charge on any atom is 0.124 e. The van der Waals surface area contributed by atoms with E-state index in [1.54, 1.807) is 7.11 Å². The molecule has 1 atom stereocenters. The summed E-state index contributed by atoms with van der Waals surface area (Å²) < 4.78 is 5.29. The summed E-state index contributed by atoms with van der Waals surface area (Å²) in [6.45, 7) is 5.70. The number of nitrogens with one attached hydrogen (secondary N) is 1. The monoisotopic (exact) mass is 271 g/mol. The summed E-state index contributed by atoms with van der Waals surface area (Å²) in [5, 5.41) is 13.4. The van der Waals surface area contributed by atoms with E-state index < -0.39 is 0 Å². The SMILES string of the molecule is CCC(C)(CO)CNCc1c(Cl)cccc1OC. The molecule has 0 saturated heterocycles. The Morgan fingerprint density at radius 1 is 1.44 bits per heavy atom. The second-order valence-corrected chi connectivity index (χ2v) is 5.25. The lowest BCUT2D eigenvalue weighted by atomic mass is 9.88. The summed E-state index contributed by atoms with van der Waals surface area (Å²) in [4.78, 5) is 0. The number of rotatable bonds is 7. The normalized spacial score (nSPS) is 14.3. The van der Waals surface area contributed by atoms with Crippen LogP contribution in [0, 0.1) is 5.41 Å². The van der Waals surface area contributed by atoms with Gasteiger partial charge in [-0.25, -0.2) is 0 Å². The zero-order chi connectivity index (χ0) is 13.6. The average Bonchev–Trinajstić information content (AvgIpc) is 2.40. The molecular weight excluding hydrogens is 250 g/mol. The van der Waals surface area contributed by atoms with E-state index in [2.05, 4.69) is 19.2 Å². The van der Waals surface area contributed by atoms with Crippen molar-refractivity contribution in [2.75, 3.05) is 20.3 Å². The van der Waals surface area contributed by atoms with Gasteiger partial charge in [0.25, 0.3) is 0 Å². The van der Waals surface area contributed by atoms with Crippen LogP contribution >= 0.6 is 11.6 Å². The Balaban J connectivity index is 2.64. The predicted octanol–water partition coefficient (Wildman–Crippen LogP) is 2.85. The summed E-state index contributed by atoms with van der Waals surface area (Å²) in [5.74, 6) is 0.789. The zero-order valence-corrected chi connectivity index (χ0v) is 12.0. The molecule has 2 N–H and O–H groups in total. The van der Waals surface area contributed by atoms with E-state index in [1.807, 2.05) is 18.2 Å². The Morgan fingerprint density at radius 3 is 2.72 bits per heavy atom. The van der Waals surface area contributed by atoms with Gasteiger partial charge in [0.05, 0.1) is 7.11 Å². The first kappa shape index (κ1) is 15.3. The molecule has 0 heterocycles. The van der Waals surface area contributed by atoms with Crippen LogP contribution in [0.4, 0.5) is 0 Å². The highest BCUT2D eigenvalue weighted by atomic mass is 35.5. The molecule has 102 valence electrons. The van der Waals surface area contributed by atoms with Crippen molar-refractivity contribution < 1.29 is 9.84 Å². The molecule has 0 aliphatic carbocycles. The first-order chi connectivity index (χ1) is 8.56. The third kappa shape index (κ3) is 3.87. The summed E-state index contributed by atoms with van der Waals surface area (Å²) in [6, 6.07) is 5.62. The molecule has 1 aromatic rings. The van der Waals surface area contributed by atoms with Gasteiger partial charge in [-0.05, 0) is 18.6 Å². The van der Waals surface area contributed by atoms with Crippen molar-refractivity contribution >= 4 is 11.6 Å². The van der Waals surface area contributed by atoms with Gasteiger partial charge in [-0.15, -0.1) is 0 Å². The summed E-state index contributed by atoms with van der Waals surface area (Å²) >= 11 is 6.16. The Hall–Kier alpha value is -0.770. The lowest BCUT2D eigenvalue weighted by molar-refractivity contribution is 0.135. The largest absolute Gasteiger partial charge is 0.496 e. The van der Waals surface area contributed by atoms with Crippen molar-refractivity contribution in [1.29, 1.82) is 0 Å². The van der Waals surface area contributed by atoms with Crippen LogP contribution in [-0.4, -0.2) is 25.4 Å². The van der Waals surface area contributed by atoms with Gasteiger partial charge in [-0.3, -0.25) is 0 Å². The number of hydrogen-bond donors (Lipinski definition) is 2. The number of aliphatic hydroxyl groups is 1. The van der Waals surface area contributed by atoms with Gasteiger partial charge in [0.1, 0.15) is 5.75 Å². The minimum absolute atomic E-state index is 0.0888. The molecule has 0 aromatic heterocycles. The van der Waals surface area contributed by atoms with Crippen LogP contribution in [0.2, 0.25) is 5.02 Å². The van der Waals surface area contributed by atoms with Gasteiger partial charge in [0.15, 0.2) is 0 Å². The fourth-order valence-corrected chi connectivity index (χ4v) is 1.92. The molecule has 3 nitrogen and oxygen atoms in total. The minimum Gasteiger partial charge on any atom is -0.496 e. The number of ether oxygens (including phenoxy) is 1. The molecule has 4 heteroatoms. The summed E-state index contributed by atoms with van der Waals surface area (Å²) in [5.41, 5.74) is 0.868. The van der Waals surface area contributed by atoms with Crippen molar-refractivity contribution in [2.24, 2.45) is 5.41 Å². The van der Waals surface area contributed by atoms with Gasteiger partial charge in [-0.1, -0.05) is 31.5 Å². The van der Waals surface area contributed by atoms with E-state index in [4.69, 9.17) is 16.3 Å². The Morgan fingerprint density at radius 2 is 2.17 bits per heavy atom. The lowest BCUT2D eigenvalue weighted by Gasteiger charge is -2.26. The number of hydrogen-bond acceptors (Lipinski definition) is 3. The molecule has 0 spiro atoms. The minimum atomic E-state index is -0.0888. The van der Waals surface area contributed by atoms with E-state index in [0.717, 1.165) is 24.3 Å². The third-order valence-electron chi connectivity index (χ3n) is 3.38. The summed E-state index contributed by atoms with van der Waals surface area (Å²) in [6.07, 6.45) is 0.927. The number of aliphatic hydroxyl groups excluding tert-OH is 1. The highest BCUT2D eigenvalue weighted by Gasteiger charge is 2.20. The van der Waals surface area contributed by atoms with Crippen molar-refractivity contribution in [3.05, 3.63) is 28.8 Å². The van der Waals surface area contributed by atoms with Crippen LogP contribution in [0.3, 0.4) is 0 Å². The maximum atomic E-state index is 9.35. The van der Waals surface area contributed by atoms with E-state index in [-0.39, 0.29) is 12.0 Å². The van der Waals surface area contributed by atoms with Crippen molar-refractivity contribution in [2.45, 2.75) is 26.8 Å². The van der Waals surface area contributed by atoms with Crippen LogP contribution in [0.5, 0.6) is 5.75 Å². The molecular formula is C14H22ClNO2. The number of benzene rings is 1. The quantitative estimate of drug-likeness (QED) is 0.801. The molecule has 0 aliphatic heterocycles. The third-order valence-corrected chi connectivity index (χ3v) is 3.74. The van der Waals surface area contributed by atoms with Crippen LogP contribution in [0.1, 0.15) is 25.8 Å². The molecule has 0 aliphatic rings.